The summed E-state index contributed by atoms with van der Waals surface area (Å²) in [5.41, 5.74) is -1.26. The maximum absolute atomic E-state index is 11.4. The summed E-state index contributed by atoms with van der Waals surface area (Å²) < 4.78 is 4.95. The van der Waals surface area contributed by atoms with Gasteiger partial charge in [-0.15, -0.1) is 0 Å². The number of carbonyl (C=O) groups excluding carboxylic acids is 2. The Morgan fingerprint density at radius 3 is 2.26 bits per heavy atom. The highest BCUT2D eigenvalue weighted by atomic mass is 35.5. The monoisotopic (exact) mass is 288 g/mol. The van der Waals surface area contributed by atoms with Crippen molar-refractivity contribution >= 4 is 22.8 Å². The Hall–Kier alpha value is -0.830. The van der Waals surface area contributed by atoms with Crippen LogP contribution in [0.15, 0.2) is 12.2 Å². The standard InChI is InChI=1S/C15H25ClO3/c1-4-5-6-7-8-9-10-11-12-13(17)19-15(2,3)14(16)18/h11-12H,4-10H2,1-3H3. The van der Waals surface area contributed by atoms with Gasteiger partial charge in [-0.2, -0.15) is 0 Å². The third-order valence-electron chi connectivity index (χ3n) is 2.81. The molecule has 0 radical (unpaired) electrons. The first-order chi connectivity index (χ1) is 8.90. The zero-order valence-corrected chi connectivity index (χ0v) is 13.0. The van der Waals surface area contributed by atoms with Crippen LogP contribution in [-0.2, 0) is 14.3 Å². The third kappa shape index (κ3) is 9.71. The summed E-state index contributed by atoms with van der Waals surface area (Å²) in [5, 5.41) is -0.676. The zero-order chi connectivity index (χ0) is 14.7. The van der Waals surface area contributed by atoms with E-state index in [-0.39, 0.29) is 0 Å². The molecule has 0 spiro atoms. The molecule has 0 heterocycles. The van der Waals surface area contributed by atoms with Crippen LogP contribution in [0.25, 0.3) is 0 Å². The second kappa shape index (κ2) is 10.0. The molecular weight excluding hydrogens is 264 g/mol. The first-order valence-corrected chi connectivity index (χ1v) is 7.37. The summed E-state index contributed by atoms with van der Waals surface area (Å²) in [7, 11) is 0. The van der Waals surface area contributed by atoms with Crippen molar-refractivity contribution in [3.05, 3.63) is 12.2 Å². The first kappa shape index (κ1) is 18.2. The molecule has 3 nitrogen and oxygen atoms in total. The second-order valence-corrected chi connectivity index (χ2v) is 5.51. The SMILES string of the molecule is CCCCCCCCC=CC(=O)OC(C)(C)C(=O)Cl. The van der Waals surface area contributed by atoms with Crippen molar-refractivity contribution < 1.29 is 14.3 Å². The van der Waals surface area contributed by atoms with Crippen molar-refractivity contribution in [2.24, 2.45) is 0 Å². The fraction of sp³-hybridized carbons (Fsp3) is 0.733. The van der Waals surface area contributed by atoms with E-state index in [0.29, 0.717) is 0 Å². The lowest BCUT2D eigenvalue weighted by molar-refractivity contribution is -0.155. The van der Waals surface area contributed by atoms with E-state index in [1.165, 1.54) is 52.0 Å². The van der Waals surface area contributed by atoms with Crippen LogP contribution < -0.4 is 0 Å². The molecule has 0 aliphatic carbocycles. The van der Waals surface area contributed by atoms with Gasteiger partial charge in [0.15, 0.2) is 5.60 Å². The van der Waals surface area contributed by atoms with Crippen LogP contribution in [0.5, 0.6) is 0 Å². The van der Waals surface area contributed by atoms with Crippen molar-refractivity contribution in [3.8, 4) is 0 Å². The Kier molecular flexibility index (Phi) is 9.58. The van der Waals surface area contributed by atoms with E-state index in [4.69, 9.17) is 16.3 Å². The molecule has 0 rings (SSSR count). The first-order valence-electron chi connectivity index (χ1n) is 6.99. The number of halogens is 1. The number of ether oxygens (including phenoxy) is 1. The van der Waals surface area contributed by atoms with E-state index in [1.807, 2.05) is 0 Å². The summed E-state index contributed by atoms with van der Waals surface area (Å²) in [6.07, 6.45) is 11.4. The normalized spacial score (nSPS) is 11.8. The minimum atomic E-state index is -1.26. The van der Waals surface area contributed by atoms with Gasteiger partial charge in [0.25, 0.3) is 5.24 Å². The van der Waals surface area contributed by atoms with E-state index in [0.717, 1.165) is 12.8 Å². The van der Waals surface area contributed by atoms with Crippen molar-refractivity contribution in [1.29, 1.82) is 0 Å². The Bertz CT molecular complexity index is 309. The average Bonchev–Trinajstić information content (AvgIpc) is 2.31. The van der Waals surface area contributed by atoms with Gasteiger partial charge in [0, 0.05) is 6.08 Å². The molecule has 0 N–H and O–H groups in total. The van der Waals surface area contributed by atoms with E-state index in [2.05, 4.69) is 6.92 Å². The number of rotatable bonds is 10. The maximum Gasteiger partial charge on any atom is 0.331 e. The van der Waals surface area contributed by atoms with Gasteiger partial charge in [0.2, 0.25) is 0 Å². The van der Waals surface area contributed by atoms with Crippen LogP contribution in [0.4, 0.5) is 0 Å². The van der Waals surface area contributed by atoms with Gasteiger partial charge in [0.05, 0.1) is 0 Å². The van der Waals surface area contributed by atoms with Gasteiger partial charge in [-0.05, 0) is 38.3 Å². The molecule has 0 aliphatic rings. The minimum Gasteiger partial charge on any atom is -0.447 e. The number of hydrogen-bond acceptors (Lipinski definition) is 3. The Balaban J connectivity index is 3.71. The number of allylic oxidation sites excluding steroid dienone is 1. The number of hydrogen-bond donors (Lipinski definition) is 0. The van der Waals surface area contributed by atoms with Gasteiger partial charge in [-0.1, -0.05) is 45.1 Å². The highest BCUT2D eigenvalue weighted by molar-refractivity contribution is 6.65. The highest BCUT2D eigenvalue weighted by Crippen LogP contribution is 2.14. The summed E-state index contributed by atoms with van der Waals surface area (Å²) in [6, 6.07) is 0. The van der Waals surface area contributed by atoms with Gasteiger partial charge < -0.3 is 4.74 Å². The predicted molar refractivity (Wildman–Crippen MR) is 78.2 cm³/mol. The molecule has 0 saturated heterocycles. The fourth-order valence-corrected chi connectivity index (χ4v) is 1.59. The van der Waals surface area contributed by atoms with Crippen molar-refractivity contribution in [2.45, 2.75) is 71.3 Å². The van der Waals surface area contributed by atoms with Gasteiger partial charge in [0.1, 0.15) is 0 Å². The van der Waals surface area contributed by atoms with Gasteiger partial charge in [-0.3, -0.25) is 4.79 Å². The second-order valence-electron chi connectivity index (χ2n) is 5.16. The average molecular weight is 289 g/mol. The molecular formula is C15H25ClO3. The van der Waals surface area contributed by atoms with Crippen LogP contribution in [0, 0.1) is 0 Å². The molecule has 0 unspecified atom stereocenters. The molecule has 0 bridgehead atoms. The van der Waals surface area contributed by atoms with Crippen molar-refractivity contribution in [3.63, 3.8) is 0 Å². The lowest BCUT2D eigenvalue weighted by Crippen LogP contribution is -2.33. The topological polar surface area (TPSA) is 43.4 Å². The molecule has 19 heavy (non-hydrogen) atoms. The number of esters is 1. The summed E-state index contributed by atoms with van der Waals surface area (Å²) >= 11 is 5.32. The van der Waals surface area contributed by atoms with Crippen molar-refractivity contribution in [1.82, 2.24) is 0 Å². The minimum absolute atomic E-state index is 0.523. The Morgan fingerprint density at radius 2 is 1.68 bits per heavy atom. The molecule has 0 aromatic carbocycles. The van der Waals surface area contributed by atoms with Gasteiger partial charge in [-0.25, -0.2) is 4.79 Å². The molecule has 110 valence electrons. The van der Waals surface area contributed by atoms with Gasteiger partial charge >= 0.3 is 5.97 Å². The van der Waals surface area contributed by atoms with E-state index in [1.54, 1.807) is 6.08 Å². The summed E-state index contributed by atoms with van der Waals surface area (Å²) in [4.78, 5) is 22.4. The lowest BCUT2D eigenvalue weighted by atomic mass is 10.1. The Morgan fingerprint density at radius 1 is 1.11 bits per heavy atom. The van der Waals surface area contributed by atoms with Crippen LogP contribution in [0.3, 0.4) is 0 Å². The summed E-state index contributed by atoms with van der Waals surface area (Å²) in [6.45, 7) is 5.14. The zero-order valence-electron chi connectivity index (χ0n) is 12.2. The summed E-state index contributed by atoms with van der Waals surface area (Å²) in [5.74, 6) is -0.523. The number of unbranched alkanes of at least 4 members (excludes halogenated alkanes) is 6. The molecule has 0 fully saturated rings. The van der Waals surface area contributed by atoms with Crippen LogP contribution >= 0.6 is 11.6 Å². The third-order valence-corrected chi connectivity index (χ3v) is 3.26. The number of carbonyl (C=O) groups is 2. The molecule has 0 amide bonds. The Labute approximate surface area is 121 Å². The smallest absolute Gasteiger partial charge is 0.331 e. The van der Waals surface area contributed by atoms with Crippen LogP contribution in [0.1, 0.15) is 65.7 Å². The predicted octanol–water partition coefficient (Wildman–Crippen LogP) is 4.38. The molecule has 0 aromatic heterocycles. The molecule has 0 saturated carbocycles. The van der Waals surface area contributed by atoms with E-state index < -0.39 is 16.8 Å². The van der Waals surface area contributed by atoms with Crippen LogP contribution in [0.2, 0.25) is 0 Å². The largest absolute Gasteiger partial charge is 0.447 e. The van der Waals surface area contributed by atoms with E-state index in [9.17, 15) is 9.59 Å². The molecule has 0 aliphatic heterocycles. The molecule has 0 atom stereocenters. The molecule has 0 aromatic rings. The quantitative estimate of drug-likeness (QED) is 0.259. The lowest BCUT2D eigenvalue weighted by Gasteiger charge is -2.18. The molecule has 4 heteroatoms. The maximum atomic E-state index is 11.4. The highest BCUT2D eigenvalue weighted by Gasteiger charge is 2.29. The van der Waals surface area contributed by atoms with Crippen molar-refractivity contribution in [2.75, 3.05) is 0 Å². The van der Waals surface area contributed by atoms with Crippen LogP contribution in [-0.4, -0.2) is 16.8 Å². The van der Waals surface area contributed by atoms with E-state index >= 15 is 0 Å². The fourth-order valence-electron chi connectivity index (χ4n) is 1.55.